The predicted molar refractivity (Wildman–Crippen MR) is 90.0 cm³/mol. The van der Waals surface area contributed by atoms with Crippen LogP contribution in [0.4, 0.5) is 0 Å². The second-order valence-electron chi connectivity index (χ2n) is 4.96. The van der Waals surface area contributed by atoms with Gasteiger partial charge in [-0.15, -0.1) is 0 Å². The van der Waals surface area contributed by atoms with Crippen molar-refractivity contribution in [2.24, 2.45) is 0 Å². The number of nitrogens with one attached hydrogen (secondary N) is 2. The predicted octanol–water partition coefficient (Wildman–Crippen LogP) is 2.88. The standard InChI is InChI=1S/C15H19BrN2O2S/c1-3-17-11(2)10-18-21(19,20)15-7-5-12-8-14(16)6-4-13(12)9-15/h4-9,11,17-18H,3,10H2,1-2H3/t11-/m1/s1. The van der Waals surface area contributed by atoms with Crippen LogP contribution in [0.15, 0.2) is 45.8 Å². The van der Waals surface area contributed by atoms with Crippen molar-refractivity contribution in [1.29, 1.82) is 0 Å². The lowest BCUT2D eigenvalue weighted by Crippen LogP contribution is -2.38. The SMILES string of the molecule is CCN[C@H](C)CNS(=O)(=O)c1ccc2cc(Br)ccc2c1. The van der Waals surface area contributed by atoms with Gasteiger partial charge < -0.3 is 5.32 Å². The van der Waals surface area contributed by atoms with Crippen molar-refractivity contribution in [3.63, 3.8) is 0 Å². The van der Waals surface area contributed by atoms with Crippen LogP contribution in [0.25, 0.3) is 10.8 Å². The molecule has 0 fully saturated rings. The molecule has 0 saturated heterocycles. The molecule has 114 valence electrons. The van der Waals surface area contributed by atoms with Gasteiger partial charge in [0.25, 0.3) is 0 Å². The molecule has 2 aromatic rings. The van der Waals surface area contributed by atoms with Crippen LogP contribution < -0.4 is 10.0 Å². The van der Waals surface area contributed by atoms with Gasteiger partial charge in [0, 0.05) is 17.1 Å². The molecule has 0 bridgehead atoms. The van der Waals surface area contributed by atoms with E-state index >= 15 is 0 Å². The molecule has 2 N–H and O–H groups in total. The van der Waals surface area contributed by atoms with Gasteiger partial charge in [0.2, 0.25) is 10.0 Å². The first kappa shape index (κ1) is 16.4. The Morgan fingerprint density at radius 3 is 2.52 bits per heavy atom. The van der Waals surface area contributed by atoms with E-state index in [4.69, 9.17) is 0 Å². The van der Waals surface area contributed by atoms with Gasteiger partial charge in [-0.05, 0) is 48.5 Å². The molecule has 21 heavy (non-hydrogen) atoms. The van der Waals surface area contributed by atoms with Gasteiger partial charge in [0.1, 0.15) is 0 Å². The number of sulfonamides is 1. The van der Waals surface area contributed by atoms with E-state index in [9.17, 15) is 8.42 Å². The molecule has 0 unspecified atom stereocenters. The molecule has 2 aromatic carbocycles. The number of benzene rings is 2. The summed E-state index contributed by atoms with van der Waals surface area (Å²) in [6.07, 6.45) is 0. The Bertz CT molecular complexity index is 732. The molecule has 4 nitrogen and oxygen atoms in total. The smallest absolute Gasteiger partial charge is 0.240 e. The summed E-state index contributed by atoms with van der Waals surface area (Å²) in [4.78, 5) is 0.293. The second-order valence-corrected chi connectivity index (χ2v) is 7.65. The van der Waals surface area contributed by atoms with Crippen molar-refractivity contribution in [1.82, 2.24) is 10.0 Å². The Labute approximate surface area is 134 Å². The van der Waals surface area contributed by atoms with E-state index in [0.717, 1.165) is 21.8 Å². The fourth-order valence-corrected chi connectivity index (χ4v) is 3.64. The summed E-state index contributed by atoms with van der Waals surface area (Å²) in [5.41, 5.74) is 0. The quantitative estimate of drug-likeness (QED) is 0.821. The van der Waals surface area contributed by atoms with Gasteiger partial charge in [-0.3, -0.25) is 0 Å². The zero-order valence-corrected chi connectivity index (χ0v) is 14.5. The Kier molecular flexibility index (Phi) is 5.37. The van der Waals surface area contributed by atoms with Crippen LogP contribution in [0.2, 0.25) is 0 Å². The highest BCUT2D eigenvalue weighted by molar-refractivity contribution is 9.10. The topological polar surface area (TPSA) is 58.2 Å². The van der Waals surface area contributed by atoms with Gasteiger partial charge in [-0.1, -0.05) is 35.0 Å². The third kappa shape index (κ3) is 4.26. The van der Waals surface area contributed by atoms with Crippen LogP contribution in [0, 0.1) is 0 Å². The molecule has 2 rings (SSSR count). The lowest BCUT2D eigenvalue weighted by Gasteiger charge is -2.14. The normalized spacial score (nSPS) is 13.5. The van der Waals surface area contributed by atoms with Crippen LogP contribution in [0.1, 0.15) is 13.8 Å². The Balaban J connectivity index is 2.22. The maximum atomic E-state index is 12.3. The van der Waals surface area contributed by atoms with Crippen LogP contribution in [-0.2, 0) is 10.0 Å². The third-order valence-electron chi connectivity index (χ3n) is 3.22. The molecule has 0 aromatic heterocycles. The number of fused-ring (bicyclic) bond motifs is 1. The molecule has 0 radical (unpaired) electrons. The highest BCUT2D eigenvalue weighted by Gasteiger charge is 2.15. The molecular weight excluding hydrogens is 352 g/mol. The summed E-state index contributed by atoms with van der Waals surface area (Å²) < 4.78 is 28.2. The van der Waals surface area contributed by atoms with Gasteiger partial charge in [-0.2, -0.15) is 0 Å². The zero-order chi connectivity index (χ0) is 15.5. The average molecular weight is 371 g/mol. The van der Waals surface area contributed by atoms with Crippen LogP contribution >= 0.6 is 15.9 Å². The van der Waals surface area contributed by atoms with Crippen molar-refractivity contribution >= 4 is 36.7 Å². The van der Waals surface area contributed by atoms with Gasteiger partial charge in [0.15, 0.2) is 0 Å². The minimum atomic E-state index is -3.48. The van der Waals surface area contributed by atoms with Gasteiger partial charge >= 0.3 is 0 Å². The minimum absolute atomic E-state index is 0.0983. The third-order valence-corrected chi connectivity index (χ3v) is 5.13. The van der Waals surface area contributed by atoms with E-state index in [0.29, 0.717) is 11.4 Å². The molecule has 0 spiro atoms. The summed E-state index contributed by atoms with van der Waals surface area (Å²) in [5.74, 6) is 0. The Hall–Kier alpha value is -0.950. The van der Waals surface area contributed by atoms with E-state index in [2.05, 4.69) is 26.0 Å². The van der Waals surface area contributed by atoms with Gasteiger partial charge in [0.05, 0.1) is 4.90 Å². The van der Waals surface area contributed by atoms with E-state index in [1.54, 1.807) is 12.1 Å². The lowest BCUT2D eigenvalue weighted by molar-refractivity contribution is 0.536. The van der Waals surface area contributed by atoms with Crippen molar-refractivity contribution in [2.45, 2.75) is 24.8 Å². The molecule has 0 aliphatic rings. The summed E-state index contributed by atoms with van der Waals surface area (Å²) in [5, 5.41) is 5.08. The van der Waals surface area contributed by atoms with E-state index in [-0.39, 0.29) is 6.04 Å². The van der Waals surface area contributed by atoms with Crippen molar-refractivity contribution in [2.75, 3.05) is 13.1 Å². The summed E-state index contributed by atoms with van der Waals surface area (Å²) in [6.45, 7) is 5.12. The zero-order valence-electron chi connectivity index (χ0n) is 12.1. The number of hydrogen-bond donors (Lipinski definition) is 2. The monoisotopic (exact) mass is 370 g/mol. The first-order valence-corrected chi connectivity index (χ1v) is 9.12. The molecule has 0 heterocycles. The van der Waals surface area contributed by atoms with Crippen LogP contribution in [0.3, 0.4) is 0 Å². The summed E-state index contributed by atoms with van der Waals surface area (Å²) >= 11 is 3.41. The molecule has 0 amide bonds. The fraction of sp³-hybridized carbons (Fsp3) is 0.333. The second kappa shape index (κ2) is 6.87. The van der Waals surface area contributed by atoms with Crippen LogP contribution in [0.5, 0.6) is 0 Å². The van der Waals surface area contributed by atoms with Crippen molar-refractivity contribution in [3.8, 4) is 0 Å². The molecule has 0 aliphatic carbocycles. The average Bonchev–Trinajstić information content (AvgIpc) is 2.45. The maximum absolute atomic E-state index is 12.3. The van der Waals surface area contributed by atoms with Crippen molar-refractivity contribution < 1.29 is 8.42 Å². The van der Waals surface area contributed by atoms with E-state index in [1.165, 1.54) is 0 Å². The highest BCUT2D eigenvalue weighted by atomic mass is 79.9. The Morgan fingerprint density at radius 2 is 1.81 bits per heavy atom. The molecule has 1 atom stereocenters. The summed E-state index contributed by atoms with van der Waals surface area (Å²) in [6, 6.07) is 11.0. The lowest BCUT2D eigenvalue weighted by atomic mass is 10.1. The van der Waals surface area contributed by atoms with Crippen LogP contribution in [-0.4, -0.2) is 27.5 Å². The van der Waals surface area contributed by atoms with E-state index < -0.39 is 10.0 Å². The van der Waals surface area contributed by atoms with Gasteiger partial charge in [-0.25, -0.2) is 13.1 Å². The molecule has 0 saturated carbocycles. The first-order chi connectivity index (χ1) is 9.92. The van der Waals surface area contributed by atoms with Crippen molar-refractivity contribution in [3.05, 3.63) is 40.9 Å². The fourth-order valence-electron chi connectivity index (χ4n) is 2.10. The number of likely N-dealkylation sites (N-methyl/N-ethyl adjacent to an activating group) is 1. The molecule has 6 heteroatoms. The maximum Gasteiger partial charge on any atom is 0.240 e. The largest absolute Gasteiger partial charge is 0.313 e. The highest BCUT2D eigenvalue weighted by Crippen LogP contribution is 2.22. The van der Waals surface area contributed by atoms with E-state index in [1.807, 2.05) is 38.1 Å². The summed E-state index contributed by atoms with van der Waals surface area (Å²) in [7, 11) is -3.48. The minimum Gasteiger partial charge on any atom is -0.313 e. The molecular formula is C15H19BrN2O2S. The number of rotatable bonds is 6. The molecule has 0 aliphatic heterocycles. The number of hydrogen-bond acceptors (Lipinski definition) is 3. The Morgan fingerprint density at radius 1 is 1.14 bits per heavy atom. The first-order valence-electron chi connectivity index (χ1n) is 6.85. The number of halogens is 1.